The molecule has 0 amide bonds. The zero-order valence-corrected chi connectivity index (χ0v) is 21.2. The van der Waals surface area contributed by atoms with Gasteiger partial charge in [-0.05, 0) is 38.2 Å². The molecule has 2 aromatic carbocycles. The monoisotopic (exact) mass is 543 g/mol. The molecule has 194 valence electrons. The molecule has 0 spiro atoms. The summed E-state index contributed by atoms with van der Waals surface area (Å²) in [5.74, 6) is -2.13. The van der Waals surface area contributed by atoms with Crippen molar-refractivity contribution in [2.45, 2.75) is 23.5 Å². The Balaban J connectivity index is 2.39. The van der Waals surface area contributed by atoms with Gasteiger partial charge in [0, 0.05) is 17.4 Å². The standard InChI is InChI=1S/C23H24F3N3O5S2/c1-29(2)18(13-14-36(32,33)34)21-19(15-7-5-4-6-8-15)20(27-22(28-21)23(24,25)26)16-9-11-17(12-10-16)35(3,30)31/h4-12,18H,13-14H2,1-3H3,(H,32,33,34). The number of sulfone groups is 1. The van der Waals surface area contributed by atoms with Crippen LogP contribution < -0.4 is 0 Å². The van der Waals surface area contributed by atoms with Crippen molar-refractivity contribution < 1.29 is 34.6 Å². The van der Waals surface area contributed by atoms with E-state index in [9.17, 15) is 34.6 Å². The molecule has 1 unspecified atom stereocenters. The Labute approximate surface area is 207 Å². The van der Waals surface area contributed by atoms with E-state index in [1.165, 1.54) is 29.2 Å². The number of alkyl halides is 3. The lowest BCUT2D eigenvalue weighted by molar-refractivity contribution is -0.145. The van der Waals surface area contributed by atoms with Gasteiger partial charge in [0.05, 0.1) is 28.1 Å². The quantitative estimate of drug-likeness (QED) is 0.422. The Kier molecular flexibility index (Phi) is 7.89. The van der Waals surface area contributed by atoms with Crippen molar-refractivity contribution in [2.24, 2.45) is 0 Å². The van der Waals surface area contributed by atoms with Crippen LogP contribution in [0.1, 0.15) is 24.0 Å². The molecule has 0 bridgehead atoms. The van der Waals surface area contributed by atoms with Crippen LogP contribution in [-0.4, -0.2) is 62.4 Å². The van der Waals surface area contributed by atoms with E-state index in [-0.39, 0.29) is 33.8 Å². The largest absolute Gasteiger partial charge is 0.451 e. The second-order valence-corrected chi connectivity index (χ2v) is 12.0. The maximum absolute atomic E-state index is 13.9. The molecule has 0 aliphatic heterocycles. The van der Waals surface area contributed by atoms with Crippen LogP contribution in [0.2, 0.25) is 0 Å². The van der Waals surface area contributed by atoms with Crippen LogP contribution in [0.3, 0.4) is 0 Å². The first kappa shape index (κ1) is 27.7. The van der Waals surface area contributed by atoms with E-state index < -0.39 is 43.8 Å². The second kappa shape index (κ2) is 10.2. The first-order valence-corrected chi connectivity index (χ1v) is 14.0. The van der Waals surface area contributed by atoms with Crippen LogP contribution in [0.5, 0.6) is 0 Å². The SMILES string of the molecule is CN(C)C(CCS(=O)(=O)O)c1nc(C(F)(F)F)nc(-c2ccc(S(C)(=O)=O)cc2)c1-c1ccccc1. The lowest BCUT2D eigenvalue weighted by Gasteiger charge is -2.27. The van der Waals surface area contributed by atoms with Gasteiger partial charge < -0.3 is 4.90 Å². The third-order valence-electron chi connectivity index (χ3n) is 5.40. The number of rotatable bonds is 8. The summed E-state index contributed by atoms with van der Waals surface area (Å²) in [6.45, 7) is 0. The molecular formula is C23H24F3N3O5S2. The molecule has 0 radical (unpaired) electrons. The normalized spacial score (nSPS) is 13.7. The maximum atomic E-state index is 13.9. The highest BCUT2D eigenvalue weighted by Crippen LogP contribution is 2.40. The van der Waals surface area contributed by atoms with E-state index in [2.05, 4.69) is 9.97 Å². The van der Waals surface area contributed by atoms with Gasteiger partial charge in [0.25, 0.3) is 10.1 Å². The summed E-state index contributed by atoms with van der Waals surface area (Å²) in [4.78, 5) is 9.15. The number of halogens is 3. The first-order valence-electron chi connectivity index (χ1n) is 10.5. The molecule has 0 saturated carbocycles. The number of hydrogen-bond donors (Lipinski definition) is 1. The van der Waals surface area contributed by atoms with E-state index in [1.807, 2.05) is 0 Å². The molecule has 13 heteroatoms. The summed E-state index contributed by atoms with van der Waals surface area (Å²) in [5, 5.41) is 0. The fraction of sp³-hybridized carbons (Fsp3) is 0.304. The fourth-order valence-corrected chi connectivity index (χ4v) is 4.86. The minimum atomic E-state index is -4.93. The number of nitrogens with zero attached hydrogens (tertiary/aromatic N) is 3. The van der Waals surface area contributed by atoms with Gasteiger partial charge in [-0.2, -0.15) is 21.6 Å². The van der Waals surface area contributed by atoms with Gasteiger partial charge in [0.15, 0.2) is 9.84 Å². The van der Waals surface area contributed by atoms with Gasteiger partial charge in [0.2, 0.25) is 5.82 Å². The smallest absolute Gasteiger partial charge is 0.301 e. The highest BCUT2D eigenvalue weighted by atomic mass is 32.2. The minimum absolute atomic E-state index is 0.0165. The number of hydrogen-bond acceptors (Lipinski definition) is 7. The molecule has 8 nitrogen and oxygen atoms in total. The first-order chi connectivity index (χ1) is 16.6. The lowest BCUT2D eigenvalue weighted by atomic mass is 9.93. The highest BCUT2D eigenvalue weighted by molar-refractivity contribution is 7.90. The summed E-state index contributed by atoms with van der Waals surface area (Å²) in [5.41, 5.74) is 0.728. The predicted octanol–water partition coefficient (Wildman–Crippen LogP) is 4.11. The van der Waals surface area contributed by atoms with Crippen molar-refractivity contribution in [1.29, 1.82) is 0 Å². The van der Waals surface area contributed by atoms with Crippen LogP contribution >= 0.6 is 0 Å². The lowest BCUT2D eigenvalue weighted by Crippen LogP contribution is -2.26. The molecule has 3 aromatic rings. The van der Waals surface area contributed by atoms with Crippen LogP contribution in [0.15, 0.2) is 59.5 Å². The predicted molar refractivity (Wildman–Crippen MR) is 128 cm³/mol. The van der Waals surface area contributed by atoms with Gasteiger partial charge in [-0.1, -0.05) is 42.5 Å². The van der Waals surface area contributed by atoms with E-state index >= 15 is 0 Å². The molecule has 3 rings (SSSR count). The van der Waals surface area contributed by atoms with Crippen LogP contribution in [0.4, 0.5) is 13.2 Å². The van der Waals surface area contributed by atoms with Crippen molar-refractivity contribution in [3.8, 4) is 22.4 Å². The molecule has 0 aliphatic carbocycles. The molecule has 36 heavy (non-hydrogen) atoms. The van der Waals surface area contributed by atoms with Crippen molar-refractivity contribution in [3.63, 3.8) is 0 Å². The van der Waals surface area contributed by atoms with Crippen molar-refractivity contribution in [3.05, 3.63) is 66.1 Å². The summed E-state index contributed by atoms with van der Waals surface area (Å²) >= 11 is 0. The van der Waals surface area contributed by atoms with Gasteiger partial charge in [-0.3, -0.25) is 4.55 Å². The Morgan fingerprint density at radius 3 is 1.97 bits per heavy atom. The van der Waals surface area contributed by atoms with Crippen LogP contribution in [0, 0.1) is 0 Å². The van der Waals surface area contributed by atoms with E-state index in [1.54, 1.807) is 44.4 Å². The van der Waals surface area contributed by atoms with Crippen molar-refractivity contribution >= 4 is 20.0 Å². The summed E-state index contributed by atoms with van der Waals surface area (Å²) in [6.07, 6.45) is -4.16. The van der Waals surface area contributed by atoms with E-state index in [4.69, 9.17) is 0 Å². The van der Waals surface area contributed by atoms with Gasteiger partial charge in [-0.15, -0.1) is 0 Å². The van der Waals surface area contributed by atoms with Gasteiger partial charge >= 0.3 is 6.18 Å². The van der Waals surface area contributed by atoms with Crippen LogP contribution in [-0.2, 0) is 26.1 Å². The Morgan fingerprint density at radius 1 is 0.917 bits per heavy atom. The zero-order chi connectivity index (χ0) is 26.9. The minimum Gasteiger partial charge on any atom is -0.301 e. The Bertz CT molecular complexity index is 1440. The average Bonchev–Trinajstić information content (AvgIpc) is 2.77. The topological polar surface area (TPSA) is 118 Å². The van der Waals surface area contributed by atoms with Crippen molar-refractivity contribution in [1.82, 2.24) is 14.9 Å². The number of aromatic nitrogens is 2. The molecular weight excluding hydrogens is 519 g/mol. The fourth-order valence-electron chi connectivity index (χ4n) is 3.70. The third kappa shape index (κ3) is 6.66. The molecule has 1 N–H and O–H groups in total. The Hall–Kier alpha value is -2.87. The molecule has 1 atom stereocenters. The Morgan fingerprint density at radius 2 is 1.50 bits per heavy atom. The molecule has 0 fully saturated rings. The van der Waals surface area contributed by atoms with E-state index in [0.717, 1.165) is 6.26 Å². The van der Waals surface area contributed by atoms with E-state index in [0.29, 0.717) is 5.56 Å². The average molecular weight is 544 g/mol. The highest BCUT2D eigenvalue weighted by Gasteiger charge is 2.38. The number of benzene rings is 2. The van der Waals surface area contributed by atoms with Gasteiger partial charge in [-0.25, -0.2) is 18.4 Å². The molecule has 0 saturated heterocycles. The summed E-state index contributed by atoms with van der Waals surface area (Å²) in [6, 6.07) is 12.7. The zero-order valence-electron chi connectivity index (χ0n) is 19.6. The second-order valence-electron chi connectivity index (χ2n) is 8.37. The van der Waals surface area contributed by atoms with Crippen LogP contribution in [0.25, 0.3) is 22.4 Å². The van der Waals surface area contributed by atoms with Gasteiger partial charge in [0.1, 0.15) is 0 Å². The summed E-state index contributed by atoms with van der Waals surface area (Å²) in [7, 11) is -4.85. The molecule has 1 heterocycles. The third-order valence-corrected chi connectivity index (χ3v) is 7.28. The van der Waals surface area contributed by atoms with Crippen molar-refractivity contribution in [2.75, 3.05) is 26.1 Å². The molecule has 0 aliphatic rings. The molecule has 1 aromatic heterocycles. The summed E-state index contributed by atoms with van der Waals surface area (Å²) < 4.78 is 97.6. The maximum Gasteiger partial charge on any atom is 0.451 e.